The van der Waals surface area contributed by atoms with Gasteiger partial charge in [0.1, 0.15) is 0 Å². The van der Waals surface area contributed by atoms with Crippen molar-refractivity contribution in [1.82, 2.24) is 4.72 Å². The monoisotopic (exact) mass is 385 g/mol. The summed E-state index contributed by atoms with van der Waals surface area (Å²) in [6, 6.07) is 6.17. The highest BCUT2D eigenvalue weighted by Gasteiger charge is 2.37. The van der Waals surface area contributed by atoms with Crippen molar-refractivity contribution < 1.29 is 18.3 Å². The Hall–Kier alpha value is -1.37. The van der Waals surface area contributed by atoms with E-state index >= 15 is 0 Å². The van der Waals surface area contributed by atoms with E-state index in [0.29, 0.717) is 17.9 Å². The van der Waals surface area contributed by atoms with Gasteiger partial charge in [-0.2, -0.15) is 0 Å². The van der Waals surface area contributed by atoms with E-state index < -0.39 is 21.5 Å². The fourth-order valence-corrected chi connectivity index (χ4v) is 4.83. The van der Waals surface area contributed by atoms with Crippen LogP contribution in [-0.4, -0.2) is 25.0 Å². The van der Waals surface area contributed by atoms with Gasteiger partial charge >= 0.3 is 5.97 Å². The van der Waals surface area contributed by atoms with E-state index in [1.807, 2.05) is 12.2 Å². The maximum atomic E-state index is 12.7. The number of halogens is 1. The highest BCUT2D eigenvalue weighted by molar-refractivity contribution is 7.89. The Morgan fingerprint density at radius 1 is 1.16 bits per heavy atom. The van der Waals surface area contributed by atoms with Crippen molar-refractivity contribution in [1.29, 1.82) is 0 Å². The average molecular weight is 386 g/mol. The van der Waals surface area contributed by atoms with Gasteiger partial charge in [0.25, 0.3) is 0 Å². The molecule has 5 nitrogen and oxygen atoms in total. The van der Waals surface area contributed by atoms with Gasteiger partial charge in [0.15, 0.2) is 0 Å². The summed E-state index contributed by atoms with van der Waals surface area (Å²) in [5.41, 5.74) is -0.421. The second-order valence-electron chi connectivity index (χ2n) is 6.49. The Kier molecular flexibility index (Phi) is 7.04. The second-order valence-corrected chi connectivity index (χ2v) is 8.61. The number of allylic oxidation sites excluding steroid dienone is 2. The third-order valence-corrected chi connectivity index (χ3v) is 6.36. The van der Waals surface area contributed by atoms with E-state index in [1.54, 1.807) is 12.1 Å². The number of sulfonamides is 1. The van der Waals surface area contributed by atoms with Crippen molar-refractivity contribution in [3.63, 3.8) is 0 Å². The van der Waals surface area contributed by atoms with Crippen molar-refractivity contribution >= 4 is 27.6 Å². The molecule has 2 rings (SSSR count). The van der Waals surface area contributed by atoms with Gasteiger partial charge in [-0.05, 0) is 56.4 Å². The molecule has 0 radical (unpaired) electrons. The first-order valence-electron chi connectivity index (χ1n) is 8.49. The number of hydrogen-bond acceptors (Lipinski definition) is 3. The number of carbonyl (C=O) groups is 1. The fourth-order valence-electron chi connectivity index (χ4n) is 3.21. The molecule has 1 aliphatic rings. The fraction of sp³-hybridized carbons (Fsp3) is 0.500. The molecule has 1 saturated carbocycles. The Labute approximate surface area is 154 Å². The molecule has 0 heterocycles. The molecule has 0 aliphatic heterocycles. The Bertz CT molecular complexity index is 707. The van der Waals surface area contributed by atoms with Crippen molar-refractivity contribution in [2.75, 3.05) is 0 Å². The van der Waals surface area contributed by atoms with Crippen molar-refractivity contribution in [2.45, 2.75) is 61.8 Å². The van der Waals surface area contributed by atoms with E-state index in [2.05, 4.69) is 4.72 Å². The summed E-state index contributed by atoms with van der Waals surface area (Å²) >= 11 is 5.83. The first kappa shape index (κ1) is 19.9. The van der Waals surface area contributed by atoms with E-state index in [0.717, 1.165) is 32.1 Å². The predicted octanol–water partition coefficient (Wildman–Crippen LogP) is 4.13. The SMILES string of the molecule is O=C(O)CCC=CCCC1(NS(=O)(=O)c2ccc(Cl)cc2)CCCC1. The average Bonchev–Trinajstić information content (AvgIpc) is 2.99. The zero-order valence-corrected chi connectivity index (χ0v) is 15.7. The molecule has 1 aliphatic carbocycles. The van der Waals surface area contributed by atoms with Gasteiger partial charge in [0.05, 0.1) is 4.90 Å². The molecule has 7 heteroatoms. The van der Waals surface area contributed by atoms with E-state index in [-0.39, 0.29) is 11.3 Å². The van der Waals surface area contributed by atoms with Gasteiger partial charge in [-0.1, -0.05) is 36.6 Å². The number of hydrogen-bond donors (Lipinski definition) is 2. The van der Waals surface area contributed by atoms with Crippen LogP contribution in [0, 0.1) is 0 Å². The minimum atomic E-state index is -3.59. The van der Waals surface area contributed by atoms with Crippen molar-refractivity contribution in [2.24, 2.45) is 0 Å². The van der Waals surface area contributed by atoms with Crippen LogP contribution in [0.4, 0.5) is 0 Å². The predicted molar refractivity (Wildman–Crippen MR) is 98.2 cm³/mol. The summed E-state index contributed by atoms with van der Waals surface area (Å²) in [5, 5.41) is 9.12. The molecule has 1 aromatic rings. The minimum Gasteiger partial charge on any atom is -0.481 e. The zero-order chi connectivity index (χ0) is 18.3. The molecule has 0 unspecified atom stereocenters. The molecule has 0 amide bonds. The van der Waals surface area contributed by atoms with Crippen LogP contribution < -0.4 is 4.72 Å². The molecule has 2 N–H and O–H groups in total. The van der Waals surface area contributed by atoms with Crippen LogP contribution in [0.15, 0.2) is 41.3 Å². The zero-order valence-electron chi connectivity index (χ0n) is 14.1. The van der Waals surface area contributed by atoms with Crippen molar-refractivity contribution in [3.8, 4) is 0 Å². The van der Waals surface area contributed by atoms with E-state index in [4.69, 9.17) is 16.7 Å². The van der Waals surface area contributed by atoms with Crippen LogP contribution in [0.1, 0.15) is 51.4 Å². The third kappa shape index (κ3) is 6.13. The number of carboxylic acid groups (broad SMARTS) is 1. The second kappa shape index (κ2) is 8.83. The highest BCUT2D eigenvalue weighted by atomic mass is 35.5. The molecular formula is C18H24ClNO4S. The Morgan fingerprint density at radius 2 is 1.76 bits per heavy atom. The van der Waals surface area contributed by atoms with Crippen LogP contribution in [0.25, 0.3) is 0 Å². The molecule has 0 spiro atoms. The summed E-state index contributed by atoms with van der Waals surface area (Å²) in [6.45, 7) is 0. The lowest BCUT2D eigenvalue weighted by atomic mass is 9.93. The summed E-state index contributed by atoms with van der Waals surface area (Å²) in [7, 11) is -3.59. The summed E-state index contributed by atoms with van der Waals surface area (Å²) in [4.78, 5) is 10.7. The van der Waals surface area contributed by atoms with Crippen molar-refractivity contribution in [3.05, 3.63) is 41.4 Å². The van der Waals surface area contributed by atoms with Gasteiger partial charge < -0.3 is 5.11 Å². The summed E-state index contributed by atoms with van der Waals surface area (Å²) in [5.74, 6) is -0.812. The molecule has 0 bridgehead atoms. The van der Waals surface area contributed by atoms with Crippen LogP contribution in [0.3, 0.4) is 0 Å². The smallest absolute Gasteiger partial charge is 0.303 e. The van der Waals surface area contributed by atoms with Gasteiger partial charge in [0.2, 0.25) is 10.0 Å². The standard InChI is InChI=1S/C18H24ClNO4S/c19-15-8-10-16(11-9-15)25(23,24)20-18(13-5-6-14-18)12-4-2-1-3-7-17(21)22/h1-2,8-11,20H,3-7,12-14H2,(H,21,22). The quantitative estimate of drug-likeness (QED) is 0.626. The molecule has 0 aromatic heterocycles. The van der Waals surface area contributed by atoms with Gasteiger partial charge in [-0.15, -0.1) is 0 Å². The Morgan fingerprint density at radius 3 is 2.36 bits per heavy atom. The summed E-state index contributed by atoms with van der Waals surface area (Å²) in [6.07, 6.45) is 9.50. The van der Waals surface area contributed by atoms with E-state index in [9.17, 15) is 13.2 Å². The molecule has 1 aromatic carbocycles. The molecule has 0 atom stereocenters. The largest absolute Gasteiger partial charge is 0.481 e. The lowest BCUT2D eigenvalue weighted by molar-refractivity contribution is -0.136. The maximum absolute atomic E-state index is 12.7. The lowest BCUT2D eigenvalue weighted by Gasteiger charge is -2.29. The topological polar surface area (TPSA) is 83.5 Å². The van der Waals surface area contributed by atoms with Crippen LogP contribution in [-0.2, 0) is 14.8 Å². The number of carboxylic acids is 1. The first-order valence-corrected chi connectivity index (χ1v) is 10.4. The van der Waals surface area contributed by atoms with Gasteiger partial charge in [-0.3, -0.25) is 4.79 Å². The lowest BCUT2D eigenvalue weighted by Crippen LogP contribution is -2.46. The van der Waals surface area contributed by atoms with Crippen LogP contribution >= 0.6 is 11.6 Å². The number of nitrogens with one attached hydrogen (secondary N) is 1. The maximum Gasteiger partial charge on any atom is 0.303 e. The molecule has 1 fully saturated rings. The van der Waals surface area contributed by atoms with Crippen LogP contribution in [0.2, 0.25) is 5.02 Å². The number of aliphatic carboxylic acids is 1. The van der Waals surface area contributed by atoms with Gasteiger partial charge in [0, 0.05) is 17.0 Å². The first-order chi connectivity index (χ1) is 11.8. The van der Waals surface area contributed by atoms with E-state index in [1.165, 1.54) is 12.1 Å². The molecular weight excluding hydrogens is 362 g/mol. The number of benzene rings is 1. The molecule has 138 valence electrons. The summed E-state index contributed by atoms with van der Waals surface area (Å²) < 4.78 is 28.3. The normalized spacial score (nSPS) is 17.2. The molecule has 0 saturated heterocycles. The molecule has 25 heavy (non-hydrogen) atoms. The number of rotatable bonds is 9. The van der Waals surface area contributed by atoms with Crippen LogP contribution in [0.5, 0.6) is 0 Å². The van der Waals surface area contributed by atoms with Gasteiger partial charge in [-0.25, -0.2) is 13.1 Å². The third-order valence-electron chi connectivity index (χ3n) is 4.52. The Balaban J connectivity index is 1.99. The minimum absolute atomic E-state index is 0.116. The highest BCUT2D eigenvalue weighted by Crippen LogP contribution is 2.35.